The van der Waals surface area contributed by atoms with E-state index < -0.39 is 0 Å². The summed E-state index contributed by atoms with van der Waals surface area (Å²) in [6.07, 6.45) is 4.70. The summed E-state index contributed by atoms with van der Waals surface area (Å²) in [4.78, 5) is 5.20. The molecule has 1 saturated heterocycles. The average molecular weight is 405 g/mol. The molecule has 0 spiro atoms. The maximum absolute atomic E-state index is 13.0. The first-order valence-electron chi connectivity index (χ1n) is 10.1. The number of ether oxygens (including phenoxy) is 1. The van der Waals surface area contributed by atoms with E-state index in [1.54, 1.807) is 19.2 Å². The molecule has 1 atom stereocenters. The van der Waals surface area contributed by atoms with Gasteiger partial charge in [0, 0.05) is 38.8 Å². The Hall–Kier alpha value is -1.62. The topological polar surface area (TPSA) is 15.7 Å². The molecule has 5 heteroatoms. The zero-order valence-corrected chi connectivity index (χ0v) is 17.4. The summed E-state index contributed by atoms with van der Waals surface area (Å²) in [5.74, 6) is 0.815. The number of piperazine rings is 1. The lowest BCUT2D eigenvalue weighted by molar-refractivity contribution is 0.0886. The molecule has 2 aliphatic rings. The molecule has 0 aromatic heterocycles. The lowest BCUT2D eigenvalue weighted by Gasteiger charge is -2.41. The Bertz CT molecular complexity index is 760. The molecule has 152 valence electrons. The molecule has 0 radical (unpaired) electrons. The maximum atomic E-state index is 13.0. The van der Waals surface area contributed by atoms with Crippen LogP contribution >= 0.6 is 12.4 Å². The average Bonchev–Trinajstić information content (AvgIpc) is 2.73. The van der Waals surface area contributed by atoms with Gasteiger partial charge in [-0.1, -0.05) is 18.2 Å². The predicted molar refractivity (Wildman–Crippen MR) is 114 cm³/mol. The molecule has 1 unspecified atom stereocenters. The van der Waals surface area contributed by atoms with E-state index in [0.717, 1.165) is 44.9 Å². The fraction of sp³-hybridized carbons (Fsp3) is 0.478. The van der Waals surface area contributed by atoms with Crippen molar-refractivity contribution in [2.45, 2.75) is 31.7 Å². The second-order valence-corrected chi connectivity index (χ2v) is 7.73. The molecule has 0 amide bonds. The van der Waals surface area contributed by atoms with Crippen molar-refractivity contribution in [1.29, 1.82) is 0 Å². The molecular formula is C23H30ClFN2O. The number of fused-ring (bicyclic) bond motifs is 1. The zero-order valence-electron chi connectivity index (χ0n) is 16.6. The molecule has 3 nitrogen and oxygen atoms in total. The van der Waals surface area contributed by atoms with E-state index in [1.165, 1.54) is 36.0 Å². The second-order valence-electron chi connectivity index (χ2n) is 7.73. The first-order chi connectivity index (χ1) is 13.2. The highest BCUT2D eigenvalue weighted by Gasteiger charge is 2.28. The maximum Gasteiger partial charge on any atom is 0.123 e. The van der Waals surface area contributed by atoms with E-state index in [2.05, 4.69) is 28.0 Å². The fourth-order valence-electron chi connectivity index (χ4n) is 4.50. The van der Waals surface area contributed by atoms with Crippen LogP contribution in [0.25, 0.3) is 0 Å². The number of nitrogens with zero attached hydrogens (tertiary/aromatic N) is 2. The van der Waals surface area contributed by atoms with Crippen LogP contribution in [0.5, 0.6) is 5.75 Å². The summed E-state index contributed by atoms with van der Waals surface area (Å²) in [5.41, 5.74) is 4.18. The van der Waals surface area contributed by atoms with Crippen LogP contribution in [0.3, 0.4) is 0 Å². The Morgan fingerprint density at radius 3 is 2.50 bits per heavy atom. The first kappa shape index (κ1) is 21.1. The molecule has 1 aliphatic carbocycles. The highest BCUT2D eigenvalue weighted by Crippen LogP contribution is 2.36. The van der Waals surface area contributed by atoms with Crippen molar-refractivity contribution in [1.82, 2.24) is 9.80 Å². The van der Waals surface area contributed by atoms with Crippen molar-refractivity contribution in [3.63, 3.8) is 0 Å². The number of methoxy groups -OCH3 is 1. The number of hydrogen-bond donors (Lipinski definition) is 0. The smallest absolute Gasteiger partial charge is 0.123 e. The summed E-state index contributed by atoms with van der Waals surface area (Å²) >= 11 is 0. The Labute approximate surface area is 173 Å². The minimum absolute atomic E-state index is 0. The van der Waals surface area contributed by atoms with Crippen molar-refractivity contribution in [3.8, 4) is 5.75 Å². The Morgan fingerprint density at radius 1 is 1.04 bits per heavy atom. The Balaban J connectivity index is 0.00000225. The standard InChI is InChI=1S/C23H29FN2O.ClH/c1-27-21-10-7-19-3-2-4-23(22(19)17-21)26-15-13-25(14-16-26)12-11-18-5-8-20(24)9-6-18;/h5-10,17,23H,2-4,11-16H2,1H3;1H. The van der Waals surface area contributed by atoms with Crippen LogP contribution in [0, 0.1) is 5.82 Å². The third kappa shape index (κ3) is 4.86. The van der Waals surface area contributed by atoms with Crippen molar-refractivity contribution < 1.29 is 9.13 Å². The number of halogens is 2. The molecule has 4 rings (SSSR count). The quantitative estimate of drug-likeness (QED) is 0.730. The van der Waals surface area contributed by atoms with Gasteiger partial charge in [-0.3, -0.25) is 4.90 Å². The van der Waals surface area contributed by atoms with Gasteiger partial charge in [-0.2, -0.15) is 0 Å². The predicted octanol–water partition coefficient (Wildman–Crippen LogP) is 4.49. The minimum atomic E-state index is -0.156. The SMILES string of the molecule is COc1ccc2c(c1)C(N1CCN(CCc3ccc(F)cc3)CC1)CCC2.Cl. The van der Waals surface area contributed by atoms with Gasteiger partial charge < -0.3 is 9.64 Å². The number of benzene rings is 2. The van der Waals surface area contributed by atoms with Crippen LogP contribution < -0.4 is 4.74 Å². The Morgan fingerprint density at radius 2 is 1.79 bits per heavy atom. The normalized spacial score (nSPS) is 20.3. The summed E-state index contributed by atoms with van der Waals surface area (Å²) in [5, 5.41) is 0. The van der Waals surface area contributed by atoms with Gasteiger partial charge >= 0.3 is 0 Å². The van der Waals surface area contributed by atoms with E-state index in [0.29, 0.717) is 6.04 Å². The molecule has 2 aromatic carbocycles. The van der Waals surface area contributed by atoms with Crippen molar-refractivity contribution in [2.75, 3.05) is 39.8 Å². The molecule has 1 heterocycles. The van der Waals surface area contributed by atoms with E-state index >= 15 is 0 Å². The largest absolute Gasteiger partial charge is 0.497 e. The zero-order chi connectivity index (χ0) is 18.6. The van der Waals surface area contributed by atoms with Crippen LogP contribution in [0.2, 0.25) is 0 Å². The minimum Gasteiger partial charge on any atom is -0.497 e. The monoisotopic (exact) mass is 404 g/mol. The lowest BCUT2D eigenvalue weighted by atomic mass is 9.86. The van der Waals surface area contributed by atoms with Gasteiger partial charge in [-0.15, -0.1) is 12.4 Å². The summed E-state index contributed by atoms with van der Waals surface area (Å²) < 4.78 is 18.5. The van der Waals surface area contributed by atoms with Crippen LogP contribution in [-0.4, -0.2) is 49.6 Å². The van der Waals surface area contributed by atoms with Crippen molar-refractivity contribution in [2.24, 2.45) is 0 Å². The third-order valence-electron chi connectivity index (χ3n) is 6.11. The first-order valence-corrected chi connectivity index (χ1v) is 10.1. The molecule has 0 N–H and O–H groups in total. The molecule has 0 bridgehead atoms. The van der Waals surface area contributed by atoms with Gasteiger partial charge in [0.15, 0.2) is 0 Å². The van der Waals surface area contributed by atoms with Gasteiger partial charge in [0.25, 0.3) is 0 Å². The highest BCUT2D eigenvalue weighted by atomic mass is 35.5. The van der Waals surface area contributed by atoms with Crippen LogP contribution in [0.15, 0.2) is 42.5 Å². The molecular weight excluding hydrogens is 375 g/mol. The lowest BCUT2D eigenvalue weighted by Crippen LogP contribution is -2.48. The van der Waals surface area contributed by atoms with Crippen molar-refractivity contribution >= 4 is 12.4 Å². The van der Waals surface area contributed by atoms with Crippen LogP contribution in [0.4, 0.5) is 4.39 Å². The Kier molecular flexibility index (Phi) is 7.33. The van der Waals surface area contributed by atoms with Crippen molar-refractivity contribution in [3.05, 3.63) is 65.0 Å². The molecule has 1 fully saturated rings. The van der Waals surface area contributed by atoms with Crippen LogP contribution in [-0.2, 0) is 12.8 Å². The van der Waals surface area contributed by atoms with Gasteiger partial charge in [-0.25, -0.2) is 4.39 Å². The van der Waals surface area contributed by atoms with Gasteiger partial charge in [0.2, 0.25) is 0 Å². The summed E-state index contributed by atoms with van der Waals surface area (Å²) in [6, 6.07) is 14.0. The molecule has 28 heavy (non-hydrogen) atoms. The summed E-state index contributed by atoms with van der Waals surface area (Å²) in [6.45, 7) is 5.50. The summed E-state index contributed by atoms with van der Waals surface area (Å²) in [7, 11) is 1.75. The fourth-order valence-corrected chi connectivity index (χ4v) is 4.50. The number of aryl methyl sites for hydroxylation is 1. The van der Waals surface area contributed by atoms with Gasteiger partial charge in [0.1, 0.15) is 11.6 Å². The number of hydrogen-bond acceptors (Lipinski definition) is 3. The number of rotatable bonds is 5. The highest BCUT2D eigenvalue weighted by molar-refractivity contribution is 5.85. The van der Waals surface area contributed by atoms with E-state index in [9.17, 15) is 4.39 Å². The molecule has 2 aromatic rings. The van der Waals surface area contributed by atoms with Gasteiger partial charge in [-0.05, 0) is 66.6 Å². The molecule has 1 aliphatic heterocycles. The van der Waals surface area contributed by atoms with E-state index in [-0.39, 0.29) is 18.2 Å². The molecule has 0 saturated carbocycles. The van der Waals surface area contributed by atoms with Crippen LogP contribution in [0.1, 0.15) is 35.6 Å². The second kappa shape index (κ2) is 9.73. The van der Waals surface area contributed by atoms with E-state index in [4.69, 9.17) is 4.74 Å². The van der Waals surface area contributed by atoms with E-state index in [1.807, 2.05) is 12.1 Å². The van der Waals surface area contributed by atoms with Gasteiger partial charge in [0.05, 0.1) is 7.11 Å². The third-order valence-corrected chi connectivity index (χ3v) is 6.11.